The molecule has 5 saturated carbocycles. The molecule has 1 aromatic carbocycles. The van der Waals surface area contributed by atoms with Crippen LogP contribution in [0.15, 0.2) is 24.3 Å². The summed E-state index contributed by atoms with van der Waals surface area (Å²) in [7, 11) is 0. The molecule has 10 heteroatoms. The Morgan fingerprint density at radius 1 is 0.909 bits per heavy atom. The molecule has 5 aliphatic carbocycles. The van der Waals surface area contributed by atoms with Gasteiger partial charge in [0.05, 0.1) is 5.41 Å². The third-order valence-corrected chi connectivity index (χ3v) is 10.7. The lowest BCUT2D eigenvalue weighted by atomic mass is 9.47. The zero-order valence-corrected chi connectivity index (χ0v) is 26.3. The molecule has 44 heavy (non-hydrogen) atoms. The number of ether oxygens (including phenoxy) is 1. The Morgan fingerprint density at radius 2 is 1.57 bits per heavy atom. The molecule has 3 N–H and O–H groups in total. The van der Waals surface area contributed by atoms with Crippen LogP contribution in [0.1, 0.15) is 102 Å². The van der Waals surface area contributed by atoms with Gasteiger partial charge in [-0.1, -0.05) is 20.8 Å². The molecule has 9 nitrogen and oxygen atoms in total. The summed E-state index contributed by atoms with van der Waals surface area (Å²) >= 11 is 0. The lowest BCUT2D eigenvalue weighted by Crippen LogP contribution is -2.65. The number of hydrogen-bond donors (Lipinski definition) is 3. The van der Waals surface area contributed by atoms with E-state index < -0.39 is 17.0 Å². The van der Waals surface area contributed by atoms with Crippen molar-refractivity contribution in [1.29, 1.82) is 0 Å². The van der Waals surface area contributed by atoms with Crippen LogP contribution in [0.5, 0.6) is 0 Å². The van der Waals surface area contributed by atoms with E-state index >= 15 is 0 Å². The van der Waals surface area contributed by atoms with Crippen molar-refractivity contribution in [2.24, 2.45) is 34.5 Å². The lowest BCUT2D eigenvalue weighted by molar-refractivity contribution is -0.393. The SMILES string of the molecule is CC(C)(C)CNC(=O)CC1CCC2(CC1)OOC1(O2)C2CC3CC1CC(C(=O)NCCCNC(=O)c1ccc([19F])cc1)(C3)C2. The Hall–Kier alpha value is -2.56. The number of nitrogens with one attached hydrogen (secondary N) is 3. The molecular formula is C34H48FN3O6. The van der Waals surface area contributed by atoms with Crippen LogP contribution in [0.3, 0.4) is 0 Å². The summed E-state index contributed by atoms with van der Waals surface area (Å²) in [4.78, 5) is 50.6. The molecule has 6 aliphatic rings. The maximum absolute atomic E-state index is 13.6. The normalized spacial score (nSPS) is 35.6. The average Bonchev–Trinajstić information content (AvgIpc) is 3.35. The summed E-state index contributed by atoms with van der Waals surface area (Å²) in [6, 6.07) is 5.44. The first-order chi connectivity index (χ1) is 20.9. The predicted octanol–water partition coefficient (Wildman–Crippen LogP) is 5.00. The number of halogens is 1. The van der Waals surface area contributed by atoms with Gasteiger partial charge in [-0.2, -0.15) is 9.78 Å². The van der Waals surface area contributed by atoms with Gasteiger partial charge in [0.15, 0.2) is 0 Å². The maximum Gasteiger partial charge on any atom is 0.251 e. The van der Waals surface area contributed by atoms with Gasteiger partial charge in [-0.3, -0.25) is 14.4 Å². The van der Waals surface area contributed by atoms with E-state index in [0.717, 1.165) is 44.9 Å². The molecule has 1 heterocycles. The van der Waals surface area contributed by atoms with Crippen molar-refractivity contribution < 1.29 is 33.3 Å². The molecule has 1 saturated heterocycles. The number of amides is 3. The Kier molecular flexibility index (Phi) is 8.56. The Labute approximate surface area is 259 Å². The molecule has 3 amide bonds. The van der Waals surface area contributed by atoms with E-state index in [9.17, 15) is 18.8 Å². The van der Waals surface area contributed by atoms with Crippen LogP contribution in [-0.4, -0.2) is 48.9 Å². The van der Waals surface area contributed by atoms with Crippen molar-refractivity contribution in [2.75, 3.05) is 19.6 Å². The number of carbonyl (C=O) groups is 3. The highest BCUT2D eigenvalue weighted by atomic mass is 19.1. The van der Waals surface area contributed by atoms with E-state index in [1.165, 1.54) is 24.3 Å². The zero-order valence-electron chi connectivity index (χ0n) is 26.3. The van der Waals surface area contributed by atoms with Gasteiger partial charge < -0.3 is 20.7 Å². The number of benzene rings is 1. The minimum Gasteiger partial charge on any atom is -0.356 e. The first-order valence-corrected chi connectivity index (χ1v) is 16.6. The van der Waals surface area contributed by atoms with Crippen LogP contribution in [0.4, 0.5) is 4.39 Å². The van der Waals surface area contributed by atoms with Crippen molar-refractivity contribution in [1.82, 2.24) is 16.0 Å². The second-order valence-corrected chi connectivity index (χ2v) is 15.4. The van der Waals surface area contributed by atoms with E-state index in [-0.39, 0.29) is 40.8 Å². The highest BCUT2D eigenvalue weighted by molar-refractivity contribution is 5.94. The van der Waals surface area contributed by atoms with Gasteiger partial charge in [0.2, 0.25) is 23.4 Å². The third kappa shape index (κ3) is 6.40. The standard InChI is InChI=1S/C34H48FN3O6/c1-31(2,3)21-38-28(39)17-22-9-11-33(12-10-22)42-34(44-43-33)25-15-23-16-26(34)20-32(18-23,19-25)30(41)37-14-4-13-36-29(40)24-5-7-27(35)8-6-24/h5-8,22-23,25-26H,4,9-21H2,1-3H3,(H,36,40)(H,37,41)(H,38,39)/i35+0. The minimum atomic E-state index is -0.789. The van der Waals surface area contributed by atoms with Gasteiger partial charge in [0, 0.05) is 56.3 Å². The van der Waals surface area contributed by atoms with Gasteiger partial charge in [0.1, 0.15) is 5.82 Å². The molecule has 4 bridgehead atoms. The van der Waals surface area contributed by atoms with Gasteiger partial charge in [-0.15, -0.1) is 0 Å². The van der Waals surface area contributed by atoms with Crippen LogP contribution < -0.4 is 16.0 Å². The molecule has 0 radical (unpaired) electrons. The molecule has 0 aromatic heterocycles. The van der Waals surface area contributed by atoms with Gasteiger partial charge >= 0.3 is 0 Å². The Balaban J connectivity index is 0.978. The van der Waals surface area contributed by atoms with Crippen LogP contribution in [0.2, 0.25) is 0 Å². The van der Waals surface area contributed by atoms with Crippen LogP contribution in [-0.2, 0) is 24.1 Å². The second-order valence-electron chi connectivity index (χ2n) is 15.4. The Bertz CT molecular complexity index is 1220. The second kappa shape index (κ2) is 12.0. The first kappa shape index (κ1) is 31.4. The summed E-state index contributed by atoms with van der Waals surface area (Å²) in [5, 5.41) is 9.05. The fourth-order valence-electron chi connectivity index (χ4n) is 8.56. The quantitative estimate of drug-likeness (QED) is 0.267. The van der Waals surface area contributed by atoms with Gasteiger partial charge in [-0.25, -0.2) is 4.39 Å². The van der Waals surface area contributed by atoms with Crippen molar-refractivity contribution in [2.45, 2.75) is 103 Å². The monoisotopic (exact) mass is 613 g/mol. The van der Waals surface area contributed by atoms with E-state index in [1.807, 2.05) is 0 Å². The van der Waals surface area contributed by atoms with E-state index in [0.29, 0.717) is 62.7 Å². The van der Waals surface area contributed by atoms with E-state index in [4.69, 9.17) is 14.5 Å². The summed E-state index contributed by atoms with van der Waals surface area (Å²) in [5.41, 5.74) is 0.0554. The molecule has 2 unspecified atom stereocenters. The molecule has 1 aliphatic heterocycles. The highest BCUT2D eigenvalue weighted by Gasteiger charge is 2.71. The smallest absolute Gasteiger partial charge is 0.251 e. The van der Waals surface area contributed by atoms with Gasteiger partial charge in [-0.05, 0) is 92.9 Å². The topological polar surface area (TPSA) is 115 Å². The molecule has 2 spiro atoms. The van der Waals surface area contributed by atoms with Crippen LogP contribution in [0, 0.1) is 40.3 Å². The predicted molar refractivity (Wildman–Crippen MR) is 160 cm³/mol. The number of hydrogen-bond acceptors (Lipinski definition) is 6. The van der Waals surface area contributed by atoms with Crippen LogP contribution >= 0.6 is 0 Å². The van der Waals surface area contributed by atoms with Crippen LogP contribution in [0.25, 0.3) is 0 Å². The third-order valence-electron chi connectivity index (χ3n) is 10.7. The summed E-state index contributed by atoms with van der Waals surface area (Å²) in [5.74, 6) is -0.981. The van der Waals surface area contributed by atoms with Crippen molar-refractivity contribution in [3.05, 3.63) is 35.6 Å². The largest absolute Gasteiger partial charge is 0.356 e. The van der Waals surface area contributed by atoms with Crippen molar-refractivity contribution >= 4 is 17.7 Å². The molecule has 6 fully saturated rings. The van der Waals surface area contributed by atoms with E-state index in [1.54, 1.807) is 0 Å². The van der Waals surface area contributed by atoms with Crippen molar-refractivity contribution in [3.63, 3.8) is 0 Å². The first-order valence-electron chi connectivity index (χ1n) is 16.6. The summed E-state index contributed by atoms with van der Waals surface area (Å²) < 4.78 is 20.0. The van der Waals surface area contributed by atoms with Gasteiger partial charge in [0.25, 0.3) is 5.91 Å². The van der Waals surface area contributed by atoms with Crippen molar-refractivity contribution in [3.8, 4) is 0 Å². The molecule has 2 atom stereocenters. The number of rotatable bonds is 9. The molecule has 242 valence electrons. The zero-order chi connectivity index (χ0) is 31.2. The molecule has 7 rings (SSSR count). The number of carbonyl (C=O) groups excluding carboxylic acids is 3. The summed E-state index contributed by atoms with van der Waals surface area (Å²) in [6.07, 6.45) is 8.58. The minimum absolute atomic E-state index is 0.0631. The fourth-order valence-corrected chi connectivity index (χ4v) is 8.56. The Morgan fingerprint density at radius 3 is 2.23 bits per heavy atom. The maximum atomic E-state index is 13.6. The average molecular weight is 614 g/mol. The molecular weight excluding hydrogens is 565 g/mol. The lowest BCUT2D eigenvalue weighted by Gasteiger charge is -2.61. The highest BCUT2D eigenvalue weighted by Crippen LogP contribution is 2.67. The molecule has 1 aromatic rings. The summed E-state index contributed by atoms with van der Waals surface area (Å²) in [6.45, 7) is 7.91. The van der Waals surface area contributed by atoms with E-state index in [2.05, 4.69) is 36.7 Å². The fraction of sp³-hybridized carbons (Fsp3) is 0.735.